The monoisotopic (exact) mass is 374 g/mol. The second-order valence-corrected chi connectivity index (χ2v) is 7.26. The Hall–Kier alpha value is -3.10. The summed E-state index contributed by atoms with van der Waals surface area (Å²) in [6.07, 6.45) is 2.44. The number of para-hydroxylation sites is 2. The van der Waals surface area contributed by atoms with E-state index in [1.165, 1.54) is 0 Å². The van der Waals surface area contributed by atoms with E-state index in [0.717, 1.165) is 28.6 Å². The number of benzene rings is 2. The van der Waals surface area contributed by atoms with E-state index in [2.05, 4.69) is 16.0 Å². The van der Waals surface area contributed by atoms with Crippen LogP contribution in [0, 0.1) is 0 Å². The molecule has 134 valence electrons. The van der Waals surface area contributed by atoms with Crippen molar-refractivity contribution in [1.82, 2.24) is 9.97 Å². The smallest absolute Gasteiger partial charge is 0.296 e. The third-order valence-electron chi connectivity index (χ3n) is 3.89. The summed E-state index contributed by atoms with van der Waals surface area (Å²) < 4.78 is 12.3. The lowest BCUT2D eigenvalue weighted by molar-refractivity contribution is 0.488. The van der Waals surface area contributed by atoms with Crippen LogP contribution in [0.4, 0.5) is 0 Å². The molecule has 5 heteroatoms. The van der Waals surface area contributed by atoms with Crippen molar-refractivity contribution in [3.05, 3.63) is 103 Å². The van der Waals surface area contributed by atoms with Crippen molar-refractivity contribution in [3.8, 4) is 22.9 Å². The van der Waals surface area contributed by atoms with Gasteiger partial charge >= 0.3 is 0 Å². The van der Waals surface area contributed by atoms with E-state index in [9.17, 15) is 0 Å². The van der Waals surface area contributed by atoms with Crippen molar-refractivity contribution in [1.29, 1.82) is 0 Å². The van der Waals surface area contributed by atoms with Gasteiger partial charge in [-0.3, -0.25) is 4.98 Å². The minimum Gasteiger partial charge on any atom is -0.438 e. The molecule has 2 heterocycles. The summed E-state index contributed by atoms with van der Waals surface area (Å²) in [7, 11) is -1.20. The molecule has 0 saturated heterocycles. The Bertz CT molecular complexity index is 918. The Morgan fingerprint density at radius 1 is 0.704 bits per heavy atom. The van der Waals surface area contributed by atoms with Crippen LogP contribution in [0.15, 0.2) is 97.2 Å². The second-order valence-electron chi connectivity index (χ2n) is 5.91. The molecule has 0 bridgehead atoms. The molecule has 0 unspecified atom stereocenters. The number of aromatic amines is 1. The first-order chi connectivity index (χ1) is 13.4. The summed E-state index contributed by atoms with van der Waals surface area (Å²) in [5.41, 5.74) is 2.95. The van der Waals surface area contributed by atoms with Crippen LogP contribution in [0.1, 0.15) is 5.69 Å². The van der Waals surface area contributed by atoms with Crippen LogP contribution in [0.2, 0.25) is 0 Å². The highest BCUT2D eigenvalue weighted by Crippen LogP contribution is 2.43. The van der Waals surface area contributed by atoms with Gasteiger partial charge < -0.3 is 14.0 Å². The Morgan fingerprint density at radius 3 is 1.93 bits per heavy atom. The van der Waals surface area contributed by atoms with Gasteiger partial charge in [-0.15, -0.1) is 0 Å². The Kier molecular flexibility index (Phi) is 5.47. The first-order valence-electron chi connectivity index (χ1n) is 8.70. The molecule has 1 N–H and O–H groups in total. The Labute approximate surface area is 159 Å². The zero-order chi connectivity index (χ0) is 18.3. The molecule has 0 aliphatic heterocycles. The van der Waals surface area contributed by atoms with Crippen molar-refractivity contribution in [2.45, 2.75) is 6.16 Å². The summed E-state index contributed by atoms with van der Waals surface area (Å²) in [6, 6.07) is 29.5. The lowest BCUT2D eigenvalue weighted by Crippen LogP contribution is -1.99. The lowest BCUT2D eigenvalue weighted by atomic mass is 10.3. The fraction of sp³-hybridized carbons (Fsp3) is 0.0455. The number of hydrogen-bond acceptors (Lipinski definition) is 3. The van der Waals surface area contributed by atoms with Crippen LogP contribution >= 0.6 is 8.38 Å². The fourth-order valence-corrected chi connectivity index (χ4v) is 3.97. The third-order valence-corrected chi connectivity index (χ3v) is 5.32. The largest absolute Gasteiger partial charge is 0.438 e. The molecule has 0 spiro atoms. The van der Waals surface area contributed by atoms with Crippen LogP contribution < -0.4 is 9.05 Å². The van der Waals surface area contributed by atoms with Crippen LogP contribution in [0.3, 0.4) is 0 Å². The van der Waals surface area contributed by atoms with E-state index in [1.807, 2.05) is 84.9 Å². The predicted octanol–water partition coefficient (Wildman–Crippen LogP) is 6.05. The predicted molar refractivity (Wildman–Crippen MR) is 109 cm³/mol. The molecule has 0 fully saturated rings. The van der Waals surface area contributed by atoms with Gasteiger partial charge in [0.25, 0.3) is 8.38 Å². The topological polar surface area (TPSA) is 47.1 Å². The molecular formula is C22H19N2O2P. The van der Waals surface area contributed by atoms with Crippen molar-refractivity contribution in [2.24, 2.45) is 0 Å². The molecule has 0 atom stereocenters. The Balaban J connectivity index is 1.52. The van der Waals surface area contributed by atoms with Crippen molar-refractivity contribution < 1.29 is 9.05 Å². The number of rotatable bonds is 7. The molecule has 4 aromatic rings. The molecule has 27 heavy (non-hydrogen) atoms. The zero-order valence-corrected chi connectivity index (χ0v) is 15.6. The summed E-state index contributed by atoms with van der Waals surface area (Å²) in [5, 5.41) is 0. The zero-order valence-electron chi connectivity index (χ0n) is 14.7. The molecule has 2 aromatic heterocycles. The first kappa shape index (κ1) is 17.3. The maximum atomic E-state index is 6.14. The number of pyridine rings is 1. The second kappa shape index (κ2) is 8.52. The van der Waals surface area contributed by atoms with Gasteiger partial charge in [0.05, 0.1) is 17.5 Å². The van der Waals surface area contributed by atoms with E-state index >= 15 is 0 Å². The highest BCUT2D eigenvalue weighted by atomic mass is 31.2. The van der Waals surface area contributed by atoms with Crippen LogP contribution in [-0.4, -0.2) is 9.97 Å². The maximum absolute atomic E-state index is 6.14. The van der Waals surface area contributed by atoms with E-state index in [1.54, 1.807) is 6.20 Å². The SMILES string of the molecule is c1ccc(OP(Cc2ccc(-c3ccccn3)[nH]2)Oc2ccccc2)cc1. The van der Waals surface area contributed by atoms with Crippen LogP contribution in [-0.2, 0) is 6.16 Å². The molecule has 2 aromatic carbocycles. The van der Waals surface area contributed by atoms with E-state index in [0.29, 0.717) is 6.16 Å². The standard InChI is InChI=1S/C22H19N2O2P/c1-3-9-19(10-4-1)25-27(26-20-11-5-2-6-12-20)17-18-14-15-22(24-18)21-13-7-8-16-23-21/h1-16,24H,17H2. The van der Waals surface area contributed by atoms with Gasteiger partial charge in [0, 0.05) is 11.9 Å². The van der Waals surface area contributed by atoms with Crippen LogP contribution in [0.5, 0.6) is 11.5 Å². The molecule has 4 rings (SSSR count). The molecule has 0 amide bonds. The van der Waals surface area contributed by atoms with E-state index in [4.69, 9.17) is 9.05 Å². The third kappa shape index (κ3) is 4.75. The number of nitrogens with zero attached hydrogens (tertiary/aromatic N) is 1. The van der Waals surface area contributed by atoms with Gasteiger partial charge in [-0.05, 0) is 48.5 Å². The summed E-state index contributed by atoms with van der Waals surface area (Å²) in [5.74, 6) is 1.60. The molecule has 0 saturated carbocycles. The molecule has 0 radical (unpaired) electrons. The van der Waals surface area contributed by atoms with Gasteiger partial charge in [0.2, 0.25) is 0 Å². The number of aromatic nitrogens is 2. The fourth-order valence-electron chi connectivity index (χ4n) is 2.62. The maximum Gasteiger partial charge on any atom is 0.296 e. The number of hydrogen-bond donors (Lipinski definition) is 1. The minimum atomic E-state index is -1.20. The lowest BCUT2D eigenvalue weighted by Gasteiger charge is -2.18. The van der Waals surface area contributed by atoms with Gasteiger partial charge in [-0.2, -0.15) is 0 Å². The number of nitrogens with one attached hydrogen (secondary N) is 1. The van der Waals surface area contributed by atoms with E-state index in [-0.39, 0.29) is 0 Å². The molecular weight excluding hydrogens is 355 g/mol. The van der Waals surface area contributed by atoms with Gasteiger partial charge in [-0.25, -0.2) is 0 Å². The Morgan fingerprint density at radius 2 is 1.33 bits per heavy atom. The average Bonchev–Trinajstić information content (AvgIpc) is 3.19. The summed E-state index contributed by atoms with van der Waals surface area (Å²) in [4.78, 5) is 7.81. The summed E-state index contributed by atoms with van der Waals surface area (Å²) in [6.45, 7) is 0. The van der Waals surface area contributed by atoms with Crippen molar-refractivity contribution in [2.75, 3.05) is 0 Å². The van der Waals surface area contributed by atoms with Gasteiger partial charge in [0.1, 0.15) is 11.5 Å². The molecule has 0 aliphatic rings. The van der Waals surface area contributed by atoms with Gasteiger partial charge in [-0.1, -0.05) is 42.5 Å². The summed E-state index contributed by atoms with van der Waals surface area (Å²) >= 11 is 0. The van der Waals surface area contributed by atoms with Crippen molar-refractivity contribution in [3.63, 3.8) is 0 Å². The highest BCUT2D eigenvalue weighted by Gasteiger charge is 2.17. The highest BCUT2D eigenvalue weighted by molar-refractivity contribution is 7.47. The van der Waals surface area contributed by atoms with Crippen LogP contribution in [0.25, 0.3) is 11.4 Å². The average molecular weight is 374 g/mol. The first-order valence-corrected chi connectivity index (χ1v) is 10.1. The van der Waals surface area contributed by atoms with Gasteiger partial charge in [0.15, 0.2) is 0 Å². The van der Waals surface area contributed by atoms with E-state index < -0.39 is 8.38 Å². The normalized spacial score (nSPS) is 10.7. The number of H-pyrrole nitrogens is 1. The minimum absolute atomic E-state index is 0.645. The molecule has 4 nitrogen and oxygen atoms in total. The van der Waals surface area contributed by atoms with Crippen molar-refractivity contribution >= 4 is 8.38 Å². The quantitative estimate of drug-likeness (QED) is 0.401. The molecule has 0 aliphatic carbocycles.